The van der Waals surface area contributed by atoms with Crippen molar-refractivity contribution >= 4 is 17.7 Å². The molecule has 1 aliphatic carbocycles. The quantitative estimate of drug-likeness (QED) is 0.587. The highest BCUT2D eigenvalue weighted by molar-refractivity contribution is 5.97. The number of nitrogens with zero attached hydrogens (tertiary/aromatic N) is 1. The van der Waals surface area contributed by atoms with Gasteiger partial charge >= 0.3 is 6.09 Å². The van der Waals surface area contributed by atoms with Crippen molar-refractivity contribution in [2.45, 2.75) is 24.8 Å². The molecule has 156 valence electrons. The number of amides is 2. The SMILES string of the molecule is O=C(O)NC1(c2ccc(-c3nc4c(cc3-c3ccccc3)NC(=O)CO4)cc2)CCC1. The van der Waals surface area contributed by atoms with Gasteiger partial charge < -0.3 is 20.5 Å². The molecule has 7 nitrogen and oxygen atoms in total. The van der Waals surface area contributed by atoms with Crippen LogP contribution in [0, 0.1) is 0 Å². The maximum atomic E-state index is 11.8. The van der Waals surface area contributed by atoms with E-state index >= 15 is 0 Å². The van der Waals surface area contributed by atoms with Gasteiger partial charge in [-0.25, -0.2) is 9.78 Å². The van der Waals surface area contributed by atoms with Crippen molar-refractivity contribution in [2.24, 2.45) is 0 Å². The summed E-state index contributed by atoms with van der Waals surface area (Å²) in [5, 5.41) is 14.7. The number of rotatable bonds is 4. The molecule has 2 aromatic carbocycles. The summed E-state index contributed by atoms with van der Waals surface area (Å²) in [5.41, 5.74) is 4.46. The third-order valence-electron chi connectivity index (χ3n) is 5.95. The first kappa shape index (κ1) is 19.1. The van der Waals surface area contributed by atoms with Crippen molar-refractivity contribution in [1.29, 1.82) is 0 Å². The number of carboxylic acid groups (broad SMARTS) is 1. The number of pyridine rings is 1. The lowest BCUT2D eigenvalue weighted by Gasteiger charge is -2.42. The van der Waals surface area contributed by atoms with Gasteiger partial charge in [0.2, 0.25) is 5.88 Å². The van der Waals surface area contributed by atoms with Gasteiger partial charge in [0.15, 0.2) is 6.61 Å². The molecule has 3 N–H and O–H groups in total. The Hall–Kier alpha value is -3.87. The minimum atomic E-state index is -1.01. The Morgan fingerprint density at radius 1 is 1.06 bits per heavy atom. The average Bonchev–Trinajstić information content (AvgIpc) is 2.76. The predicted molar refractivity (Wildman–Crippen MR) is 116 cm³/mol. The molecule has 2 aliphatic rings. The molecule has 1 fully saturated rings. The van der Waals surface area contributed by atoms with Crippen molar-refractivity contribution in [2.75, 3.05) is 11.9 Å². The van der Waals surface area contributed by atoms with E-state index in [0.717, 1.165) is 47.2 Å². The van der Waals surface area contributed by atoms with Crippen molar-refractivity contribution in [1.82, 2.24) is 10.3 Å². The monoisotopic (exact) mass is 415 g/mol. The molecule has 5 rings (SSSR count). The largest absolute Gasteiger partial charge is 0.466 e. The van der Waals surface area contributed by atoms with Crippen LogP contribution in [0.1, 0.15) is 24.8 Å². The minimum absolute atomic E-state index is 0.0631. The van der Waals surface area contributed by atoms with Crippen LogP contribution in [0.15, 0.2) is 60.7 Å². The summed E-state index contributed by atoms with van der Waals surface area (Å²) in [5.74, 6) is 0.184. The highest BCUT2D eigenvalue weighted by atomic mass is 16.5. The van der Waals surface area contributed by atoms with E-state index in [1.165, 1.54) is 0 Å². The fraction of sp³-hybridized carbons (Fsp3) is 0.208. The van der Waals surface area contributed by atoms with Gasteiger partial charge in [-0.3, -0.25) is 4.79 Å². The number of benzene rings is 2. The van der Waals surface area contributed by atoms with Gasteiger partial charge in [0.05, 0.1) is 11.2 Å². The first-order valence-electron chi connectivity index (χ1n) is 10.2. The number of carbonyl (C=O) groups excluding carboxylic acids is 1. The number of anilines is 1. The molecular formula is C24H21N3O4. The summed E-state index contributed by atoms with van der Waals surface area (Å²) >= 11 is 0. The molecule has 31 heavy (non-hydrogen) atoms. The molecule has 1 aromatic heterocycles. The van der Waals surface area contributed by atoms with Crippen LogP contribution >= 0.6 is 0 Å². The average molecular weight is 415 g/mol. The van der Waals surface area contributed by atoms with E-state index in [2.05, 4.69) is 10.6 Å². The van der Waals surface area contributed by atoms with Crippen LogP contribution in [0.2, 0.25) is 0 Å². The zero-order valence-electron chi connectivity index (χ0n) is 16.7. The standard InChI is InChI=1S/C24H21N3O4/c28-20-14-31-22-19(25-20)13-18(15-5-2-1-3-6-15)21(26-22)16-7-9-17(10-8-16)24(11-4-12-24)27-23(29)30/h1-3,5-10,13,27H,4,11-12,14H2,(H,25,28)(H,29,30). The van der Waals surface area contributed by atoms with E-state index in [-0.39, 0.29) is 12.5 Å². The van der Waals surface area contributed by atoms with Gasteiger partial charge in [-0.05, 0) is 36.5 Å². The molecule has 2 heterocycles. The lowest BCUT2D eigenvalue weighted by atomic mass is 9.71. The fourth-order valence-corrected chi connectivity index (χ4v) is 4.24. The van der Waals surface area contributed by atoms with Crippen molar-refractivity contribution in [3.63, 3.8) is 0 Å². The van der Waals surface area contributed by atoms with E-state index in [4.69, 9.17) is 9.72 Å². The summed E-state index contributed by atoms with van der Waals surface area (Å²) in [6.07, 6.45) is 1.57. The van der Waals surface area contributed by atoms with Crippen LogP contribution in [0.3, 0.4) is 0 Å². The Bertz CT molecular complexity index is 1160. The second kappa shape index (κ2) is 7.43. The van der Waals surface area contributed by atoms with Crippen LogP contribution < -0.4 is 15.4 Å². The second-order valence-electron chi connectivity index (χ2n) is 7.88. The maximum Gasteiger partial charge on any atom is 0.405 e. The first-order valence-corrected chi connectivity index (χ1v) is 10.2. The molecule has 2 amide bonds. The van der Waals surface area contributed by atoms with Crippen molar-refractivity contribution in [3.05, 3.63) is 66.2 Å². The Balaban J connectivity index is 1.58. The smallest absolute Gasteiger partial charge is 0.405 e. The van der Waals surface area contributed by atoms with Crippen LogP contribution in [0.4, 0.5) is 10.5 Å². The summed E-state index contributed by atoms with van der Waals surface area (Å²) < 4.78 is 5.54. The Labute approximate surface area is 179 Å². The summed E-state index contributed by atoms with van der Waals surface area (Å²) in [6.45, 7) is -0.0631. The van der Waals surface area contributed by atoms with Crippen molar-refractivity contribution < 1.29 is 19.4 Å². The number of hydrogen-bond donors (Lipinski definition) is 3. The number of aromatic nitrogens is 1. The Morgan fingerprint density at radius 3 is 2.45 bits per heavy atom. The summed E-state index contributed by atoms with van der Waals surface area (Å²) in [7, 11) is 0. The summed E-state index contributed by atoms with van der Waals surface area (Å²) in [4.78, 5) is 27.7. The molecule has 0 spiro atoms. The second-order valence-corrected chi connectivity index (χ2v) is 7.88. The van der Waals surface area contributed by atoms with Crippen molar-refractivity contribution in [3.8, 4) is 28.3 Å². The molecule has 0 saturated heterocycles. The van der Waals surface area contributed by atoms with E-state index < -0.39 is 11.6 Å². The Kier molecular flexibility index (Phi) is 4.58. The van der Waals surface area contributed by atoms with Crippen LogP contribution in [-0.4, -0.2) is 28.7 Å². The number of hydrogen-bond acceptors (Lipinski definition) is 4. The van der Waals surface area contributed by atoms with Gasteiger partial charge in [0.1, 0.15) is 5.69 Å². The van der Waals surface area contributed by atoms with E-state index in [1.807, 2.05) is 60.7 Å². The zero-order chi connectivity index (χ0) is 21.4. The Morgan fingerprint density at radius 2 is 1.81 bits per heavy atom. The van der Waals surface area contributed by atoms with Gasteiger partial charge in [-0.2, -0.15) is 0 Å². The molecule has 3 aromatic rings. The highest BCUT2D eigenvalue weighted by Gasteiger charge is 2.40. The van der Waals surface area contributed by atoms with Crippen LogP contribution in [0.5, 0.6) is 5.88 Å². The topological polar surface area (TPSA) is 101 Å². The van der Waals surface area contributed by atoms with Crippen LogP contribution in [-0.2, 0) is 10.3 Å². The molecule has 0 bridgehead atoms. The molecule has 1 aliphatic heterocycles. The predicted octanol–water partition coefficient (Wildman–Crippen LogP) is 4.39. The lowest BCUT2D eigenvalue weighted by molar-refractivity contribution is -0.118. The van der Waals surface area contributed by atoms with E-state index in [1.54, 1.807) is 0 Å². The van der Waals surface area contributed by atoms with Gasteiger partial charge in [0.25, 0.3) is 5.91 Å². The maximum absolute atomic E-state index is 11.8. The van der Waals surface area contributed by atoms with E-state index in [9.17, 15) is 14.7 Å². The zero-order valence-corrected chi connectivity index (χ0v) is 16.7. The lowest BCUT2D eigenvalue weighted by Crippen LogP contribution is -2.50. The van der Waals surface area contributed by atoms with Gasteiger partial charge in [0, 0.05) is 11.1 Å². The number of nitrogens with one attached hydrogen (secondary N) is 2. The number of ether oxygens (including phenoxy) is 1. The first-order chi connectivity index (χ1) is 15.0. The van der Waals surface area contributed by atoms with E-state index in [0.29, 0.717) is 11.6 Å². The molecule has 0 unspecified atom stereocenters. The third-order valence-corrected chi connectivity index (χ3v) is 5.95. The molecule has 0 radical (unpaired) electrons. The normalized spacial score (nSPS) is 16.3. The van der Waals surface area contributed by atoms with Gasteiger partial charge in [-0.15, -0.1) is 0 Å². The molecule has 0 atom stereocenters. The van der Waals surface area contributed by atoms with Crippen LogP contribution in [0.25, 0.3) is 22.4 Å². The minimum Gasteiger partial charge on any atom is -0.466 e. The number of fused-ring (bicyclic) bond motifs is 1. The molecule has 7 heteroatoms. The third kappa shape index (κ3) is 3.48. The molecule has 1 saturated carbocycles. The fourth-order valence-electron chi connectivity index (χ4n) is 4.24. The summed E-state index contributed by atoms with van der Waals surface area (Å²) in [6, 6.07) is 19.6. The molecular weight excluding hydrogens is 394 g/mol. The number of carbonyl (C=O) groups is 2. The highest BCUT2D eigenvalue weighted by Crippen LogP contribution is 2.43. The van der Waals surface area contributed by atoms with Gasteiger partial charge in [-0.1, -0.05) is 54.6 Å².